The lowest BCUT2D eigenvalue weighted by Gasteiger charge is -2.14. The summed E-state index contributed by atoms with van der Waals surface area (Å²) in [7, 11) is 0. The number of Topliss-reactive ketones (excluding diaryl/α,β-unsaturated/α-hetero) is 1. The standard InChI is InChI=1S/C15H20N2OS/c16-11-7-12(19-14(11)13(18)9-1-2-9)17-8-15(5-6-15)10-3-4-10/h7,9-10,17H,1-6,8,16H2. The maximum Gasteiger partial charge on any atom is 0.178 e. The van der Waals surface area contributed by atoms with Crippen LogP contribution in [-0.2, 0) is 0 Å². The molecule has 1 aromatic heterocycles. The molecular formula is C15H20N2OS. The van der Waals surface area contributed by atoms with Gasteiger partial charge in [0.2, 0.25) is 0 Å². The smallest absolute Gasteiger partial charge is 0.178 e. The number of thiophene rings is 1. The van der Waals surface area contributed by atoms with Crippen molar-refractivity contribution in [2.24, 2.45) is 17.3 Å². The molecule has 3 aliphatic carbocycles. The van der Waals surface area contributed by atoms with Crippen molar-refractivity contribution in [2.75, 3.05) is 17.6 Å². The van der Waals surface area contributed by atoms with Crippen molar-refractivity contribution in [1.82, 2.24) is 0 Å². The van der Waals surface area contributed by atoms with E-state index in [1.54, 1.807) is 11.3 Å². The van der Waals surface area contributed by atoms with Gasteiger partial charge < -0.3 is 11.1 Å². The molecule has 0 amide bonds. The summed E-state index contributed by atoms with van der Waals surface area (Å²) in [5.41, 5.74) is 7.23. The Morgan fingerprint density at radius 2 is 2.11 bits per heavy atom. The van der Waals surface area contributed by atoms with Gasteiger partial charge in [0.05, 0.1) is 15.6 Å². The molecule has 3 N–H and O–H groups in total. The monoisotopic (exact) mass is 276 g/mol. The Morgan fingerprint density at radius 3 is 2.68 bits per heavy atom. The molecule has 0 radical (unpaired) electrons. The van der Waals surface area contributed by atoms with Crippen LogP contribution in [0, 0.1) is 17.3 Å². The fraction of sp³-hybridized carbons (Fsp3) is 0.667. The number of nitrogen functional groups attached to an aromatic ring is 1. The van der Waals surface area contributed by atoms with Crippen molar-refractivity contribution in [1.29, 1.82) is 0 Å². The van der Waals surface area contributed by atoms with Gasteiger partial charge in [0, 0.05) is 12.5 Å². The minimum atomic E-state index is 0.259. The Labute approximate surface area is 117 Å². The lowest BCUT2D eigenvalue weighted by molar-refractivity contribution is 0.0972. The summed E-state index contributed by atoms with van der Waals surface area (Å²) in [6.07, 6.45) is 7.67. The molecule has 3 aliphatic rings. The zero-order valence-corrected chi connectivity index (χ0v) is 11.9. The van der Waals surface area contributed by atoms with Crippen LogP contribution in [-0.4, -0.2) is 12.3 Å². The molecule has 19 heavy (non-hydrogen) atoms. The van der Waals surface area contributed by atoms with Crippen molar-refractivity contribution in [3.05, 3.63) is 10.9 Å². The van der Waals surface area contributed by atoms with Crippen LogP contribution >= 0.6 is 11.3 Å². The van der Waals surface area contributed by atoms with Gasteiger partial charge >= 0.3 is 0 Å². The first-order chi connectivity index (χ1) is 9.18. The lowest BCUT2D eigenvalue weighted by Crippen LogP contribution is -2.16. The third kappa shape index (κ3) is 2.16. The highest BCUT2D eigenvalue weighted by Gasteiger charge is 2.53. The van der Waals surface area contributed by atoms with Gasteiger partial charge in [0.1, 0.15) is 0 Å². The Morgan fingerprint density at radius 1 is 1.37 bits per heavy atom. The number of hydrogen-bond acceptors (Lipinski definition) is 4. The summed E-state index contributed by atoms with van der Waals surface area (Å²) in [5, 5.41) is 4.61. The molecule has 102 valence electrons. The van der Waals surface area contributed by atoms with Crippen molar-refractivity contribution in [3.63, 3.8) is 0 Å². The van der Waals surface area contributed by atoms with E-state index in [2.05, 4.69) is 5.32 Å². The van der Waals surface area contributed by atoms with E-state index in [-0.39, 0.29) is 11.7 Å². The minimum absolute atomic E-state index is 0.259. The predicted octanol–water partition coefficient (Wildman–Crippen LogP) is 3.53. The second-order valence-electron chi connectivity index (χ2n) is 6.52. The average molecular weight is 276 g/mol. The van der Waals surface area contributed by atoms with Crippen LogP contribution in [0.4, 0.5) is 10.7 Å². The van der Waals surface area contributed by atoms with Gasteiger partial charge in [-0.15, -0.1) is 11.3 Å². The van der Waals surface area contributed by atoms with E-state index in [1.165, 1.54) is 25.7 Å². The summed E-state index contributed by atoms with van der Waals surface area (Å²) in [4.78, 5) is 12.9. The second kappa shape index (κ2) is 3.98. The van der Waals surface area contributed by atoms with Gasteiger partial charge in [-0.2, -0.15) is 0 Å². The first-order valence-electron chi connectivity index (χ1n) is 7.35. The molecule has 1 aromatic rings. The van der Waals surface area contributed by atoms with Crippen LogP contribution in [0.15, 0.2) is 6.07 Å². The number of carbonyl (C=O) groups is 1. The maximum atomic E-state index is 12.1. The second-order valence-corrected chi connectivity index (χ2v) is 7.58. The molecule has 0 saturated heterocycles. The van der Waals surface area contributed by atoms with Crippen molar-refractivity contribution in [2.45, 2.75) is 38.5 Å². The van der Waals surface area contributed by atoms with Crippen LogP contribution in [0.2, 0.25) is 0 Å². The van der Waals surface area contributed by atoms with Gasteiger partial charge in [0.15, 0.2) is 5.78 Å². The Kier molecular flexibility index (Phi) is 2.47. The topological polar surface area (TPSA) is 55.1 Å². The van der Waals surface area contributed by atoms with E-state index in [9.17, 15) is 4.79 Å². The molecule has 4 rings (SSSR count). The summed E-state index contributed by atoms with van der Waals surface area (Å²) in [6.45, 7) is 1.06. The SMILES string of the molecule is Nc1cc(NCC2(C3CC3)CC2)sc1C(=O)C1CC1. The number of hydrogen-bond donors (Lipinski definition) is 2. The molecule has 0 aliphatic heterocycles. The summed E-state index contributed by atoms with van der Waals surface area (Å²) in [6, 6.07) is 1.95. The van der Waals surface area contributed by atoms with Crippen molar-refractivity contribution >= 4 is 27.8 Å². The summed E-state index contributed by atoms with van der Waals surface area (Å²) >= 11 is 1.55. The number of anilines is 2. The van der Waals surface area contributed by atoms with Gasteiger partial charge in [-0.1, -0.05) is 0 Å². The molecule has 3 saturated carbocycles. The van der Waals surface area contributed by atoms with E-state index in [1.807, 2.05) is 6.07 Å². The highest BCUT2D eigenvalue weighted by atomic mass is 32.1. The molecule has 3 nitrogen and oxygen atoms in total. The molecule has 1 heterocycles. The van der Waals surface area contributed by atoms with Crippen LogP contribution in [0.3, 0.4) is 0 Å². The molecule has 0 bridgehead atoms. The molecule has 3 fully saturated rings. The van der Waals surface area contributed by atoms with Crippen LogP contribution < -0.4 is 11.1 Å². The molecular weight excluding hydrogens is 256 g/mol. The summed E-state index contributed by atoms with van der Waals surface area (Å²) in [5.74, 6) is 1.48. The average Bonchev–Trinajstić information content (AvgIpc) is 3.27. The van der Waals surface area contributed by atoms with Crippen LogP contribution in [0.25, 0.3) is 0 Å². The van der Waals surface area contributed by atoms with E-state index in [4.69, 9.17) is 5.73 Å². The largest absolute Gasteiger partial charge is 0.397 e. The zero-order valence-electron chi connectivity index (χ0n) is 11.1. The highest BCUT2D eigenvalue weighted by molar-refractivity contribution is 7.18. The first-order valence-corrected chi connectivity index (χ1v) is 8.17. The molecule has 0 atom stereocenters. The van der Waals surface area contributed by atoms with E-state index in [0.29, 0.717) is 11.1 Å². The Bertz CT molecular complexity index is 524. The van der Waals surface area contributed by atoms with Crippen molar-refractivity contribution in [3.8, 4) is 0 Å². The highest BCUT2D eigenvalue weighted by Crippen LogP contribution is 2.61. The van der Waals surface area contributed by atoms with E-state index in [0.717, 1.165) is 35.2 Å². The van der Waals surface area contributed by atoms with Crippen LogP contribution in [0.1, 0.15) is 48.2 Å². The van der Waals surface area contributed by atoms with Gasteiger partial charge in [-0.05, 0) is 55.9 Å². The van der Waals surface area contributed by atoms with Gasteiger partial charge in [-0.25, -0.2) is 0 Å². The van der Waals surface area contributed by atoms with Gasteiger partial charge in [-0.3, -0.25) is 4.79 Å². The maximum absolute atomic E-state index is 12.1. The van der Waals surface area contributed by atoms with Crippen molar-refractivity contribution < 1.29 is 4.79 Å². The minimum Gasteiger partial charge on any atom is -0.397 e. The van der Waals surface area contributed by atoms with Gasteiger partial charge in [0.25, 0.3) is 0 Å². The number of ketones is 1. The van der Waals surface area contributed by atoms with Crippen LogP contribution in [0.5, 0.6) is 0 Å². The fourth-order valence-electron chi connectivity index (χ4n) is 3.06. The summed E-state index contributed by atoms with van der Waals surface area (Å²) < 4.78 is 0. The lowest BCUT2D eigenvalue weighted by atomic mass is 10.0. The number of nitrogens with two attached hydrogens (primary N) is 1. The Balaban J connectivity index is 1.43. The normalized spacial score (nSPS) is 24.2. The number of nitrogens with one attached hydrogen (secondary N) is 1. The number of rotatable bonds is 6. The molecule has 0 unspecified atom stereocenters. The first kappa shape index (κ1) is 11.8. The molecule has 0 spiro atoms. The Hall–Kier alpha value is -1.03. The molecule has 0 aromatic carbocycles. The zero-order chi connectivity index (χ0) is 13.0. The van der Waals surface area contributed by atoms with E-state index < -0.39 is 0 Å². The quantitative estimate of drug-likeness (QED) is 0.782. The predicted molar refractivity (Wildman–Crippen MR) is 78.7 cm³/mol. The fourth-order valence-corrected chi connectivity index (χ4v) is 4.06. The van der Waals surface area contributed by atoms with E-state index >= 15 is 0 Å². The molecule has 4 heteroatoms. The number of carbonyl (C=O) groups excluding carboxylic acids is 1. The third-order valence-electron chi connectivity index (χ3n) is 4.88. The third-order valence-corrected chi connectivity index (χ3v) is 6.01.